The molecule has 1 aromatic heterocycles. The number of aryl methyl sites for hydroxylation is 2. The maximum atomic E-state index is 11.1. The quantitative estimate of drug-likeness (QED) is 0.0860. The van der Waals surface area contributed by atoms with Crippen LogP contribution in [0.1, 0.15) is 147 Å². The number of hydrogen-bond acceptors (Lipinski definition) is 7. The molecule has 2 saturated carbocycles. The van der Waals surface area contributed by atoms with E-state index in [1.165, 1.54) is 60.4 Å². The second-order valence-electron chi connectivity index (χ2n) is 21.0. The summed E-state index contributed by atoms with van der Waals surface area (Å²) in [6.07, 6.45) is 26.2. The van der Waals surface area contributed by atoms with Crippen molar-refractivity contribution in [2.24, 2.45) is 23.7 Å². The molecular formula is C62H93Cl2MgN3O5. The van der Waals surface area contributed by atoms with Crippen LogP contribution in [-0.2, 0) is 25.2 Å². The van der Waals surface area contributed by atoms with Crippen LogP contribution in [0, 0.1) is 44.4 Å². The Morgan fingerprint density at radius 1 is 0.795 bits per heavy atom. The van der Waals surface area contributed by atoms with Gasteiger partial charge in [-0.3, -0.25) is 14.6 Å². The van der Waals surface area contributed by atoms with Gasteiger partial charge in [0.25, 0.3) is 0 Å². The number of nitrogens with zero attached hydrogens (tertiary/aromatic N) is 3. The van der Waals surface area contributed by atoms with Gasteiger partial charge in [-0.15, -0.1) is 13.2 Å². The topological polar surface area (TPSA) is 111 Å². The molecule has 0 amide bonds. The summed E-state index contributed by atoms with van der Waals surface area (Å²) in [5.41, 5.74) is 4.99. The fourth-order valence-electron chi connectivity index (χ4n) is 10.4. The summed E-state index contributed by atoms with van der Waals surface area (Å²) in [6, 6.07) is 24.3. The molecule has 2 N–H and O–H groups in total. The Morgan fingerprint density at radius 2 is 1.29 bits per heavy atom. The fraction of sp³-hybridized carbons (Fsp3) is 0.532. The Morgan fingerprint density at radius 3 is 1.77 bits per heavy atom. The molecule has 2 aromatic carbocycles. The van der Waals surface area contributed by atoms with E-state index in [0.29, 0.717) is 42.0 Å². The SMILES string of the molecule is C=CC[C@H]1CC(=O)C=CN1C.C=CC[C@H]1CC(=O)CCN1C.C=C[CH2-].CC(C)(c1ccccc1)[C@H]1CCCCC1OC(=O)Cl.CC(C)[C@H]1CCCC[C@@H]1C(C)(C)c1ccccc1.Cc1ccncc1C.O.[Cl-].[Mg+2]. The Kier molecular flexibility index (Phi) is 37.1. The van der Waals surface area contributed by atoms with E-state index >= 15 is 0 Å². The number of aromatic nitrogens is 1. The van der Waals surface area contributed by atoms with Crippen molar-refractivity contribution in [1.82, 2.24) is 14.8 Å². The van der Waals surface area contributed by atoms with Gasteiger partial charge in [-0.05, 0) is 129 Å². The van der Waals surface area contributed by atoms with Gasteiger partial charge in [0.05, 0.1) is 0 Å². The van der Waals surface area contributed by atoms with Gasteiger partial charge in [0.15, 0.2) is 5.78 Å². The number of benzene rings is 2. The maximum absolute atomic E-state index is 11.1. The smallest absolute Gasteiger partial charge is 1.00 e. The number of rotatable bonds is 10. The number of hydrogen-bond donors (Lipinski definition) is 0. The van der Waals surface area contributed by atoms with Gasteiger partial charge in [0, 0.05) is 81.1 Å². The van der Waals surface area contributed by atoms with E-state index in [2.05, 4.69) is 158 Å². The number of halogens is 2. The van der Waals surface area contributed by atoms with Crippen LogP contribution in [-0.4, -0.2) is 99.1 Å². The molecule has 3 fully saturated rings. The number of pyridine rings is 1. The maximum Gasteiger partial charge on any atom is 2.00 e. The first kappa shape index (κ1) is 71.4. The van der Waals surface area contributed by atoms with Gasteiger partial charge < -0.3 is 32.4 Å². The van der Waals surface area contributed by atoms with E-state index in [0.717, 1.165) is 62.8 Å². The third kappa shape index (κ3) is 25.1. The number of ketones is 2. The molecule has 0 bridgehead atoms. The summed E-state index contributed by atoms with van der Waals surface area (Å²) in [6.45, 7) is 33.1. The van der Waals surface area contributed by atoms with Crippen molar-refractivity contribution in [3.63, 3.8) is 0 Å². The normalized spacial score (nSPS) is 21.3. The molecule has 0 spiro atoms. The monoisotopic (exact) mass is 1050 g/mol. The van der Waals surface area contributed by atoms with Crippen molar-refractivity contribution < 1.29 is 37.0 Å². The molecule has 3 aromatic rings. The molecule has 7 rings (SSSR count). The van der Waals surface area contributed by atoms with Crippen LogP contribution in [0.15, 0.2) is 129 Å². The first-order chi connectivity index (χ1) is 33.2. The van der Waals surface area contributed by atoms with E-state index in [4.69, 9.17) is 16.3 Å². The van der Waals surface area contributed by atoms with E-state index in [9.17, 15) is 14.4 Å². The summed E-state index contributed by atoms with van der Waals surface area (Å²) in [5, 5.41) is 0. The zero-order chi connectivity index (χ0) is 52.3. The van der Waals surface area contributed by atoms with Gasteiger partial charge >= 0.3 is 28.5 Å². The van der Waals surface area contributed by atoms with Crippen LogP contribution in [0.3, 0.4) is 0 Å². The minimum absolute atomic E-state index is 0. The number of piperidine rings is 1. The van der Waals surface area contributed by atoms with Crippen LogP contribution < -0.4 is 12.4 Å². The van der Waals surface area contributed by atoms with Crippen molar-refractivity contribution in [3.8, 4) is 0 Å². The van der Waals surface area contributed by atoms with Crippen molar-refractivity contribution in [2.75, 3.05) is 20.6 Å². The van der Waals surface area contributed by atoms with E-state index in [1.54, 1.807) is 6.08 Å². The fourth-order valence-corrected chi connectivity index (χ4v) is 10.5. The Hall–Kier alpha value is -3.70. The summed E-state index contributed by atoms with van der Waals surface area (Å²) in [7, 11) is 4.05. The minimum Gasteiger partial charge on any atom is -1.00 e. The first-order valence-corrected chi connectivity index (χ1v) is 26.2. The molecule has 1 saturated heterocycles. The molecule has 73 heavy (non-hydrogen) atoms. The first-order valence-electron chi connectivity index (χ1n) is 25.9. The molecule has 0 radical (unpaired) electrons. The Balaban J connectivity index is 0. The summed E-state index contributed by atoms with van der Waals surface area (Å²) >= 11 is 5.41. The Labute approximate surface area is 471 Å². The number of Topliss-reactive ketones (excluding diaryl/α,β-unsaturated/α-hetero) is 1. The molecule has 402 valence electrons. The van der Waals surface area contributed by atoms with Crippen molar-refractivity contribution in [1.29, 1.82) is 0 Å². The standard InChI is InChI=1S/C18H28.C16H21ClO2.C9H15NO.C9H13NO.C7H9N.C3H5.ClH.Mg.H2O/c1-14(2)16-12-8-9-13-17(16)18(3,4)15-10-6-5-7-11-15;1-16(2,12-8-4-3-5-9-12)13-10-6-7-11-14(13)19-15(17)18;2*1-3-4-8-7-9(11)5-6-10(8)2;1-6-3-4-8-5-7(6)2;1-3-2;;;/h5-7,10-11,14,16-17H,8-9,12-13H2,1-4H3;3-5,8-9,13-14H,6-7,10-11H2,1-2H3;3,8H,1,4-7H2,2H3;3,5-6,8H,1,4,7H2,2H3;3-5H,1-2H3;3H,1-2H2;1H;;1H2/q;;;;;-1;;+2;/p-1/t16-,17+;13-,14?;2*8-;;;;;/m1000...../s1. The predicted molar refractivity (Wildman–Crippen MR) is 307 cm³/mol. The van der Waals surface area contributed by atoms with E-state index in [1.807, 2.05) is 49.9 Å². The number of carbonyl (C=O) groups is 3. The molecule has 1 unspecified atom stereocenters. The summed E-state index contributed by atoms with van der Waals surface area (Å²) < 4.78 is 5.34. The molecule has 8 nitrogen and oxygen atoms in total. The van der Waals surface area contributed by atoms with Gasteiger partial charge in [0.2, 0.25) is 0 Å². The largest absolute Gasteiger partial charge is 2.00 e. The van der Waals surface area contributed by atoms with Crippen LogP contribution in [0.4, 0.5) is 4.79 Å². The van der Waals surface area contributed by atoms with Gasteiger partial charge in [-0.25, -0.2) is 24.4 Å². The van der Waals surface area contributed by atoms with Crippen LogP contribution in [0.5, 0.6) is 0 Å². The number of ether oxygens (including phenoxy) is 1. The van der Waals surface area contributed by atoms with Gasteiger partial charge in [-0.1, -0.05) is 134 Å². The summed E-state index contributed by atoms with van der Waals surface area (Å²) in [5.74, 6) is 3.50. The molecule has 2 aliphatic heterocycles. The second-order valence-corrected chi connectivity index (χ2v) is 21.3. The second kappa shape index (κ2) is 37.9. The molecule has 3 heterocycles. The predicted octanol–water partition coefficient (Wildman–Crippen LogP) is 11.4. The third-order valence-electron chi connectivity index (χ3n) is 15.0. The van der Waals surface area contributed by atoms with Crippen molar-refractivity contribution >= 4 is 51.6 Å². The average Bonchev–Trinajstić information content (AvgIpc) is 3.34. The van der Waals surface area contributed by atoms with Crippen LogP contribution in [0.25, 0.3) is 0 Å². The van der Waals surface area contributed by atoms with E-state index < -0.39 is 5.43 Å². The molecular weight excluding hydrogens is 962 g/mol. The van der Waals surface area contributed by atoms with Crippen LogP contribution in [0.2, 0.25) is 0 Å². The number of allylic oxidation sites excluding steroid dienone is 2. The number of carbonyl (C=O) groups excluding carboxylic acids is 3. The molecule has 4 aliphatic rings. The summed E-state index contributed by atoms with van der Waals surface area (Å²) in [4.78, 5) is 41.3. The average molecular weight is 1060 g/mol. The van der Waals surface area contributed by atoms with Crippen molar-refractivity contribution in [3.05, 3.63) is 159 Å². The number of likely N-dealkylation sites (tertiary alicyclic amines) is 1. The van der Waals surface area contributed by atoms with Crippen molar-refractivity contribution in [2.45, 2.75) is 168 Å². The van der Waals surface area contributed by atoms with Crippen LogP contribution >= 0.6 is 11.6 Å². The third-order valence-corrected chi connectivity index (χ3v) is 15.1. The molecule has 2 aliphatic carbocycles. The van der Waals surface area contributed by atoms with Gasteiger partial charge in [-0.2, -0.15) is 0 Å². The van der Waals surface area contributed by atoms with E-state index in [-0.39, 0.29) is 58.2 Å². The molecule has 11 heteroatoms. The molecule has 6 atom stereocenters. The van der Waals surface area contributed by atoms with Gasteiger partial charge in [0.1, 0.15) is 11.9 Å². The zero-order valence-corrected chi connectivity index (χ0v) is 49.5. The minimum atomic E-state index is -0.680. The Bertz CT molecular complexity index is 2020. The zero-order valence-electron chi connectivity index (χ0n) is 46.6.